The predicted octanol–water partition coefficient (Wildman–Crippen LogP) is 2.30. The van der Waals surface area contributed by atoms with Crippen molar-refractivity contribution in [3.8, 4) is 0 Å². The van der Waals surface area contributed by atoms with Crippen LogP contribution in [0.4, 0.5) is 4.39 Å². The van der Waals surface area contributed by atoms with E-state index in [-0.39, 0.29) is 18.4 Å². The van der Waals surface area contributed by atoms with Crippen molar-refractivity contribution in [3.05, 3.63) is 35.6 Å². The van der Waals surface area contributed by atoms with Gasteiger partial charge >= 0.3 is 0 Å². The van der Waals surface area contributed by atoms with Gasteiger partial charge in [-0.2, -0.15) is 0 Å². The van der Waals surface area contributed by atoms with Crippen LogP contribution in [0.25, 0.3) is 0 Å². The zero-order valence-corrected chi connectivity index (χ0v) is 12.0. The topological polar surface area (TPSA) is 46.2 Å². The smallest absolute Gasteiger partial charge is 0.153 e. The Labute approximate surface area is 108 Å². The minimum absolute atomic E-state index is 0.229. The van der Waals surface area contributed by atoms with Crippen LogP contribution in [-0.4, -0.2) is 26.0 Å². The van der Waals surface area contributed by atoms with Crippen molar-refractivity contribution in [2.45, 2.75) is 31.6 Å². The third kappa shape index (κ3) is 3.53. The second-order valence-electron chi connectivity index (χ2n) is 5.16. The van der Waals surface area contributed by atoms with Crippen LogP contribution >= 0.6 is 0 Å². The zero-order valence-electron chi connectivity index (χ0n) is 11.2. The zero-order chi connectivity index (χ0) is 14.0. The van der Waals surface area contributed by atoms with Crippen molar-refractivity contribution in [3.63, 3.8) is 0 Å². The van der Waals surface area contributed by atoms with Gasteiger partial charge in [-0.25, -0.2) is 12.8 Å². The summed E-state index contributed by atoms with van der Waals surface area (Å²) in [6, 6.07) is 6.26. The number of benzene rings is 1. The molecule has 0 saturated carbocycles. The van der Waals surface area contributed by atoms with Crippen molar-refractivity contribution in [1.82, 2.24) is 5.32 Å². The van der Waals surface area contributed by atoms with Gasteiger partial charge in [0, 0.05) is 24.4 Å². The third-order valence-corrected chi connectivity index (χ3v) is 5.36. The third-order valence-electron chi connectivity index (χ3n) is 3.21. The van der Waals surface area contributed by atoms with E-state index in [1.165, 1.54) is 12.3 Å². The molecule has 0 spiro atoms. The maximum atomic E-state index is 13.5. The summed E-state index contributed by atoms with van der Waals surface area (Å²) in [7, 11) is -3.15. The van der Waals surface area contributed by atoms with E-state index >= 15 is 0 Å². The Morgan fingerprint density at radius 1 is 1.33 bits per heavy atom. The standard InChI is InChI=1S/C13H20FNO2S/c1-10(11-7-5-6-8-12(11)14)15-9-13(2,3)18(4,16)17/h5-8,10,15H,9H2,1-4H3. The number of nitrogens with one attached hydrogen (secondary N) is 1. The molecule has 1 rings (SSSR count). The first-order chi connectivity index (χ1) is 8.15. The minimum Gasteiger partial charge on any atom is -0.309 e. The molecule has 102 valence electrons. The Morgan fingerprint density at radius 2 is 1.89 bits per heavy atom. The van der Waals surface area contributed by atoms with E-state index in [1.54, 1.807) is 32.0 Å². The van der Waals surface area contributed by atoms with Gasteiger partial charge < -0.3 is 5.32 Å². The van der Waals surface area contributed by atoms with Crippen LogP contribution in [0.15, 0.2) is 24.3 Å². The highest BCUT2D eigenvalue weighted by atomic mass is 32.2. The lowest BCUT2D eigenvalue weighted by Gasteiger charge is -2.25. The molecule has 1 unspecified atom stereocenters. The van der Waals surface area contributed by atoms with Gasteiger partial charge in [0.25, 0.3) is 0 Å². The second kappa shape index (κ2) is 5.36. The van der Waals surface area contributed by atoms with Gasteiger partial charge in [0.2, 0.25) is 0 Å². The molecule has 0 bridgehead atoms. The molecule has 0 fully saturated rings. The lowest BCUT2D eigenvalue weighted by molar-refractivity contribution is 0.476. The second-order valence-corrected chi connectivity index (χ2v) is 7.81. The molecule has 1 aromatic rings. The van der Waals surface area contributed by atoms with Gasteiger partial charge in [-0.3, -0.25) is 0 Å². The van der Waals surface area contributed by atoms with E-state index in [9.17, 15) is 12.8 Å². The van der Waals surface area contributed by atoms with Crippen molar-refractivity contribution < 1.29 is 12.8 Å². The summed E-state index contributed by atoms with van der Waals surface area (Å²) < 4.78 is 35.8. The largest absolute Gasteiger partial charge is 0.309 e. The molecule has 0 aliphatic heterocycles. The van der Waals surface area contributed by atoms with Crippen LogP contribution in [0, 0.1) is 5.82 Å². The molecule has 18 heavy (non-hydrogen) atoms. The van der Waals surface area contributed by atoms with Crippen molar-refractivity contribution in [2.75, 3.05) is 12.8 Å². The SMILES string of the molecule is CC(NCC(C)(C)S(C)(=O)=O)c1ccccc1F. The summed E-state index contributed by atoms with van der Waals surface area (Å²) in [5.41, 5.74) is 0.543. The highest BCUT2D eigenvalue weighted by Crippen LogP contribution is 2.19. The monoisotopic (exact) mass is 273 g/mol. The average Bonchev–Trinajstić information content (AvgIpc) is 2.25. The number of halogens is 1. The summed E-state index contributed by atoms with van der Waals surface area (Å²) in [4.78, 5) is 0. The van der Waals surface area contributed by atoms with Gasteiger partial charge in [0.15, 0.2) is 9.84 Å². The molecule has 0 aromatic heterocycles. The van der Waals surface area contributed by atoms with Crippen LogP contribution in [0.1, 0.15) is 32.4 Å². The molecular formula is C13H20FNO2S. The fourth-order valence-corrected chi connectivity index (χ4v) is 1.81. The van der Waals surface area contributed by atoms with E-state index in [0.717, 1.165) is 0 Å². The maximum absolute atomic E-state index is 13.5. The normalized spacial score (nSPS) is 14.5. The van der Waals surface area contributed by atoms with Crippen LogP contribution < -0.4 is 5.32 Å². The van der Waals surface area contributed by atoms with E-state index in [2.05, 4.69) is 5.32 Å². The molecule has 0 heterocycles. The minimum atomic E-state index is -3.15. The predicted molar refractivity (Wildman–Crippen MR) is 71.7 cm³/mol. The average molecular weight is 273 g/mol. The molecule has 0 saturated heterocycles. The highest BCUT2D eigenvalue weighted by molar-refractivity contribution is 7.92. The highest BCUT2D eigenvalue weighted by Gasteiger charge is 2.30. The quantitative estimate of drug-likeness (QED) is 0.895. The molecule has 0 aliphatic rings. The van der Waals surface area contributed by atoms with Gasteiger partial charge in [-0.1, -0.05) is 18.2 Å². The number of sulfone groups is 1. The molecule has 1 N–H and O–H groups in total. The van der Waals surface area contributed by atoms with Crippen molar-refractivity contribution >= 4 is 9.84 Å². The molecule has 1 atom stereocenters. The number of hydrogen-bond donors (Lipinski definition) is 1. The summed E-state index contributed by atoms with van der Waals surface area (Å²) in [6.07, 6.45) is 1.21. The molecule has 1 aromatic carbocycles. The van der Waals surface area contributed by atoms with Crippen molar-refractivity contribution in [2.24, 2.45) is 0 Å². The Bertz CT molecular complexity index is 511. The first-order valence-corrected chi connectivity index (χ1v) is 7.72. The molecule has 0 amide bonds. The van der Waals surface area contributed by atoms with Crippen LogP contribution in [0.2, 0.25) is 0 Å². The Balaban J connectivity index is 2.74. The molecule has 0 aliphatic carbocycles. The first-order valence-electron chi connectivity index (χ1n) is 5.82. The van der Waals surface area contributed by atoms with Crippen LogP contribution in [0.3, 0.4) is 0 Å². The van der Waals surface area contributed by atoms with E-state index in [0.29, 0.717) is 5.56 Å². The number of rotatable bonds is 5. The van der Waals surface area contributed by atoms with Gasteiger partial charge in [0.1, 0.15) is 5.82 Å². The Kier molecular flexibility index (Phi) is 4.50. The molecular weight excluding hydrogens is 253 g/mol. The Hall–Kier alpha value is -0.940. The fourth-order valence-electron chi connectivity index (χ4n) is 1.47. The van der Waals surface area contributed by atoms with Gasteiger partial charge in [-0.15, -0.1) is 0 Å². The van der Waals surface area contributed by atoms with Crippen LogP contribution in [-0.2, 0) is 9.84 Å². The molecule has 3 nitrogen and oxygen atoms in total. The van der Waals surface area contributed by atoms with Gasteiger partial charge in [-0.05, 0) is 26.8 Å². The lowest BCUT2D eigenvalue weighted by Crippen LogP contribution is -2.42. The van der Waals surface area contributed by atoms with Gasteiger partial charge in [0.05, 0.1) is 4.75 Å². The summed E-state index contributed by atoms with van der Waals surface area (Å²) >= 11 is 0. The first kappa shape index (κ1) is 15.1. The van der Waals surface area contributed by atoms with Crippen molar-refractivity contribution in [1.29, 1.82) is 0 Å². The van der Waals surface area contributed by atoms with E-state index in [4.69, 9.17) is 0 Å². The van der Waals surface area contributed by atoms with E-state index < -0.39 is 14.6 Å². The summed E-state index contributed by atoms with van der Waals surface area (Å²) in [5, 5.41) is 3.07. The maximum Gasteiger partial charge on any atom is 0.153 e. The Morgan fingerprint density at radius 3 is 2.39 bits per heavy atom. The summed E-state index contributed by atoms with van der Waals surface area (Å²) in [5.74, 6) is -0.283. The van der Waals surface area contributed by atoms with E-state index in [1.807, 2.05) is 6.92 Å². The molecule has 5 heteroatoms. The molecule has 0 radical (unpaired) electrons. The lowest BCUT2D eigenvalue weighted by atomic mass is 10.1. The summed E-state index contributed by atoms with van der Waals surface area (Å²) in [6.45, 7) is 5.41. The van der Waals surface area contributed by atoms with Crippen LogP contribution in [0.5, 0.6) is 0 Å². The fraction of sp³-hybridized carbons (Fsp3) is 0.538. The number of hydrogen-bond acceptors (Lipinski definition) is 3.